The third kappa shape index (κ3) is 3.32. The molecule has 25 heavy (non-hydrogen) atoms. The van der Waals surface area contributed by atoms with E-state index < -0.39 is 0 Å². The van der Waals surface area contributed by atoms with Gasteiger partial charge in [-0.1, -0.05) is 36.0 Å². The number of thioether (sulfide) groups is 1. The molecule has 0 radical (unpaired) electrons. The van der Waals surface area contributed by atoms with Crippen molar-refractivity contribution in [2.24, 2.45) is 0 Å². The molecule has 0 atom stereocenters. The molecule has 0 bridgehead atoms. The summed E-state index contributed by atoms with van der Waals surface area (Å²) in [4.78, 5) is 21.0. The van der Waals surface area contributed by atoms with E-state index in [2.05, 4.69) is 20.4 Å². The number of carbonyl (C=O) groups is 1. The highest BCUT2D eigenvalue weighted by atomic mass is 32.2. The van der Waals surface area contributed by atoms with Crippen LogP contribution in [-0.4, -0.2) is 31.2 Å². The van der Waals surface area contributed by atoms with Crippen LogP contribution in [0.2, 0.25) is 0 Å². The first-order valence-electron chi connectivity index (χ1n) is 7.78. The van der Waals surface area contributed by atoms with E-state index in [9.17, 15) is 4.79 Å². The fourth-order valence-corrected chi connectivity index (χ4v) is 3.20. The van der Waals surface area contributed by atoms with Gasteiger partial charge in [0.2, 0.25) is 11.1 Å². The largest absolute Gasteiger partial charge is 0.325 e. The molecule has 6 nitrogen and oxygen atoms in total. The van der Waals surface area contributed by atoms with Crippen LogP contribution in [0.1, 0.15) is 5.56 Å². The van der Waals surface area contributed by atoms with Crippen molar-refractivity contribution in [3.63, 3.8) is 0 Å². The Balaban J connectivity index is 1.49. The van der Waals surface area contributed by atoms with Crippen LogP contribution in [0.15, 0.2) is 60.0 Å². The van der Waals surface area contributed by atoms with Crippen molar-refractivity contribution in [2.75, 3.05) is 11.1 Å². The number of aryl methyl sites for hydroxylation is 1. The molecule has 7 heteroatoms. The van der Waals surface area contributed by atoms with Gasteiger partial charge in [-0.3, -0.25) is 4.79 Å². The fourth-order valence-electron chi connectivity index (χ4n) is 2.57. The molecule has 0 fully saturated rings. The van der Waals surface area contributed by atoms with Gasteiger partial charge in [-0.05, 0) is 36.8 Å². The maximum absolute atomic E-state index is 12.1. The zero-order valence-corrected chi connectivity index (χ0v) is 14.3. The molecule has 2 aromatic heterocycles. The lowest BCUT2D eigenvalue weighted by molar-refractivity contribution is -0.113. The topological polar surface area (TPSA) is 72.2 Å². The minimum absolute atomic E-state index is 0.0857. The van der Waals surface area contributed by atoms with Gasteiger partial charge in [-0.15, -0.1) is 5.10 Å². The van der Waals surface area contributed by atoms with E-state index in [1.54, 1.807) is 10.8 Å². The highest BCUT2D eigenvalue weighted by Crippen LogP contribution is 2.20. The minimum Gasteiger partial charge on any atom is -0.325 e. The van der Waals surface area contributed by atoms with Crippen LogP contribution in [0.25, 0.3) is 16.6 Å². The molecule has 124 valence electrons. The van der Waals surface area contributed by atoms with E-state index in [1.165, 1.54) is 11.8 Å². The lowest BCUT2D eigenvalue weighted by Gasteiger charge is -2.04. The minimum atomic E-state index is -0.0857. The van der Waals surface area contributed by atoms with Gasteiger partial charge in [0, 0.05) is 11.1 Å². The summed E-state index contributed by atoms with van der Waals surface area (Å²) >= 11 is 1.30. The lowest BCUT2D eigenvalue weighted by Crippen LogP contribution is -2.14. The molecule has 0 aliphatic rings. The molecule has 0 unspecified atom stereocenters. The SMILES string of the molecule is Cc1cccc(NC(=O)CSc2nc3c4ccccc4ncn3n2)c1. The van der Waals surface area contributed by atoms with Gasteiger partial charge < -0.3 is 5.32 Å². The first-order valence-corrected chi connectivity index (χ1v) is 8.77. The molecule has 0 spiro atoms. The Kier molecular flexibility index (Phi) is 4.07. The van der Waals surface area contributed by atoms with Gasteiger partial charge >= 0.3 is 0 Å². The Morgan fingerprint density at radius 2 is 2.08 bits per heavy atom. The number of hydrogen-bond acceptors (Lipinski definition) is 5. The molecule has 4 rings (SSSR count). The summed E-state index contributed by atoms with van der Waals surface area (Å²) in [5, 5.41) is 8.76. The number of benzene rings is 2. The van der Waals surface area contributed by atoms with E-state index in [4.69, 9.17) is 0 Å². The zero-order valence-electron chi connectivity index (χ0n) is 13.5. The maximum Gasteiger partial charge on any atom is 0.234 e. The van der Waals surface area contributed by atoms with Crippen LogP contribution in [0.4, 0.5) is 5.69 Å². The van der Waals surface area contributed by atoms with Crippen LogP contribution in [0.5, 0.6) is 0 Å². The van der Waals surface area contributed by atoms with Crippen LogP contribution >= 0.6 is 11.8 Å². The standard InChI is InChI=1S/C18H15N5OS/c1-12-5-4-6-13(9-12)20-16(24)10-25-18-21-17-14-7-2-3-8-15(14)19-11-23(17)22-18/h2-9,11H,10H2,1H3,(H,20,24). The molecule has 1 amide bonds. The third-order valence-corrected chi connectivity index (χ3v) is 4.53. The van der Waals surface area contributed by atoms with Crippen molar-refractivity contribution < 1.29 is 4.79 Å². The van der Waals surface area contributed by atoms with Crippen LogP contribution in [0.3, 0.4) is 0 Å². The monoisotopic (exact) mass is 349 g/mol. The number of fused-ring (bicyclic) bond motifs is 3. The molecule has 1 N–H and O–H groups in total. The quantitative estimate of drug-likeness (QED) is 0.572. The van der Waals surface area contributed by atoms with Gasteiger partial charge in [-0.25, -0.2) is 14.5 Å². The average molecular weight is 349 g/mol. The van der Waals surface area contributed by atoms with Gasteiger partial charge in [-0.2, -0.15) is 0 Å². The van der Waals surface area contributed by atoms with E-state index in [0.29, 0.717) is 5.16 Å². The zero-order chi connectivity index (χ0) is 17.2. The molecule has 0 saturated carbocycles. The van der Waals surface area contributed by atoms with Crippen LogP contribution < -0.4 is 5.32 Å². The molecular weight excluding hydrogens is 334 g/mol. The van der Waals surface area contributed by atoms with Crippen LogP contribution in [0, 0.1) is 6.92 Å². The number of anilines is 1. The molecular formula is C18H15N5OS. The first kappa shape index (κ1) is 15.6. The van der Waals surface area contributed by atoms with Crippen molar-refractivity contribution in [2.45, 2.75) is 12.1 Å². The smallest absolute Gasteiger partial charge is 0.234 e. The number of hydrogen-bond donors (Lipinski definition) is 1. The predicted octanol–water partition coefficient (Wildman–Crippen LogP) is 3.32. The third-order valence-electron chi connectivity index (χ3n) is 3.70. The molecule has 0 aliphatic heterocycles. The molecule has 4 aromatic rings. The summed E-state index contributed by atoms with van der Waals surface area (Å²) < 4.78 is 1.64. The second kappa shape index (κ2) is 6.52. The van der Waals surface area contributed by atoms with E-state index >= 15 is 0 Å². The summed E-state index contributed by atoms with van der Waals surface area (Å²) in [5.74, 6) is 0.161. The normalized spacial score (nSPS) is 11.1. The Morgan fingerprint density at radius 3 is 2.96 bits per heavy atom. The molecule has 2 heterocycles. The summed E-state index contributed by atoms with van der Waals surface area (Å²) in [7, 11) is 0. The second-order valence-electron chi connectivity index (χ2n) is 5.63. The number of nitrogens with zero attached hydrogens (tertiary/aromatic N) is 4. The van der Waals surface area contributed by atoms with Crippen molar-refractivity contribution in [1.82, 2.24) is 19.6 Å². The number of para-hydroxylation sites is 1. The number of carbonyl (C=O) groups excluding carboxylic acids is 1. The Morgan fingerprint density at radius 1 is 1.20 bits per heavy atom. The van der Waals surface area contributed by atoms with Gasteiger partial charge in [0.1, 0.15) is 6.33 Å². The summed E-state index contributed by atoms with van der Waals surface area (Å²) in [5.41, 5.74) is 3.51. The average Bonchev–Trinajstić information content (AvgIpc) is 3.04. The molecule has 2 aromatic carbocycles. The number of aromatic nitrogens is 4. The van der Waals surface area contributed by atoms with Crippen molar-refractivity contribution in [1.29, 1.82) is 0 Å². The lowest BCUT2D eigenvalue weighted by atomic mass is 10.2. The van der Waals surface area contributed by atoms with Gasteiger partial charge in [0.15, 0.2) is 5.65 Å². The van der Waals surface area contributed by atoms with E-state index in [1.807, 2.05) is 55.5 Å². The number of nitrogens with one attached hydrogen (secondary N) is 1. The number of amides is 1. The van der Waals surface area contributed by atoms with Crippen molar-refractivity contribution >= 4 is 39.9 Å². The summed E-state index contributed by atoms with van der Waals surface area (Å²) in [6.07, 6.45) is 1.64. The van der Waals surface area contributed by atoms with Crippen LogP contribution in [-0.2, 0) is 4.79 Å². The molecule has 0 aliphatic carbocycles. The van der Waals surface area contributed by atoms with Gasteiger partial charge in [0.25, 0.3) is 0 Å². The van der Waals surface area contributed by atoms with Crippen molar-refractivity contribution in [3.8, 4) is 0 Å². The first-order chi connectivity index (χ1) is 12.2. The molecule has 0 saturated heterocycles. The second-order valence-corrected chi connectivity index (χ2v) is 6.57. The number of rotatable bonds is 4. The highest BCUT2D eigenvalue weighted by molar-refractivity contribution is 7.99. The summed E-state index contributed by atoms with van der Waals surface area (Å²) in [6.45, 7) is 1.99. The maximum atomic E-state index is 12.1. The predicted molar refractivity (Wildman–Crippen MR) is 98.8 cm³/mol. The summed E-state index contributed by atoms with van der Waals surface area (Å²) in [6, 6.07) is 15.5. The van der Waals surface area contributed by atoms with Crippen molar-refractivity contribution in [3.05, 3.63) is 60.4 Å². The Labute approximate surface area is 148 Å². The van der Waals surface area contributed by atoms with Gasteiger partial charge in [0.05, 0.1) is 11.3 Å². The van der Waals surface area contributed by atoms with E-state index in [0.717, 1.165) is 27.8 Å². The Hall–Kier alpha value is -2.93. The van der Waals surface area contributed by atoms with E-state index in [-0.39, 0.29) is 11.7 Å². The Bertz CT molecular complexity index is 1080. The fraction of sp³-hybridized carbons (Fsp3) is 0.111. The highest BCUT2D eigenvalue weighted by Gasteiger charge is 2.10.